The second-order valence-corrected chi connectivity index (χ2v) is 7.22. The highest BCUT2D eigenvalue weighted by atomic mass is 16.5. The highest BCUT2D eigenvalue weighted by Gasteiger charge is 2.26. The number of rotatable bonds is 3. The number of piperidine rings is 1. The van der Waals surface area contributed by atoms with E-state index in [1.807, 2.05) is 24.0 Å². The average molecular weight is 339 g/mol. The van der Waals surface area contributed by atoms with Crippen molar-refractivity contribution in [1.82, 2.24) is 14.7 Å². The molecule has 1 saturated heterocycles. The van der Waals surface area contributed by atoms with Crippen LogP contribution in [0.5, 0.6) is 5.75 Å². The number of ether oxygens (including phenoxy) is 1. The molecule has 5 heteroatoms. The molecule has 0 radical (unpaired) electrons. The Morgan fingerprint density at radius 1 is 1.32 bits per heavy atom. The molecule has 132 valence electrons. The van der Waals surface area contributed by atoms with Gasteiger partial charge in [0.1, 0.15) is 5.75 Å². The molecule has 2 aliphatic heterocycles. The lowest BCUT2D eigenvalue weighted by atomic mass is 10.0. The Kier molecular flexibility index (Phi) is 4.24. The quantitative estimate of drug-likeness (QED) is 0.864. The van der Waals surface area contributed by atoms with Crippen molar-refractivity contribution in [3.05, 3.63) is 46.8 Å². The van der Waals surface area contributed by atoms with Gasteiger partial charge in [0.05, 0.1) is 24.8 Å². The van der Waals surface area contributed by atoms with E-state index in [1.54, 1.807) is 0 Å². The Balaban J connectivity index is 1.44. The minimum Gasteiger partial charge on any atom is -0.493 e. The molecule has 25 heavy (non-hydrogen) atoms. The molecule has 1 fully saturated rings. The number of hydrogen-bond acceptors (Lipinski definition) is 3. The van der Waals surface area contributed by atoms with E-state index in [-0.39, 0.29) is 5.91 Å². The van der Waals surface area contributed by atoms with Crippen LogP contribution in [0.25, 0.3) is 0 Å². The summed E-state index contributed by atoms with van der Waals surface area (Å²) in [5, 5.41) is 4.62. The van der Waals surface area contributed by atoms with E-state index in [0.717, 1.165) is 56.0 Å². The molecule has 2 aromatic rings. The third kappa shape index (κ3) is 3.28. The van der Waals surface area contributed by atoms with Gasteiger partial charge in [-0.25, -0.2) is 0 Å². The lowest BCUT2D eigenvalue weighted by Gasteiger charge is -2.33. The van der Waals surface area contributed by atoms with Crippen molar-refractivity contribution in [2.75, 3.05) is 19.7 Å². The summed E-state index contributed by atoms with van der Waals surface area (Å²) in [5.74, 6) is 1.18. The smallest absolute Gasteiger partial charge is 0.227 e. The maximum Gasteiger partial charge on any atom is 0.227 e. The number of fused-ring (bicyclic) bond motifs is 1. The first-order chi connectivity index (χ1) is 12.1. The first kappa shape index (κ1) is 16.2. The highest BCUT2D eigenvalue weighted by Crippen LogP contribution is 2.27. The SMILES string of the molecule is Cc1cc(C)n([C@H]2CCCN(C(=O)Cc3ccc4c(c3)CCO4)C2)n1. The summed E-state index contributed by atoms with van der Waals surface area (Å²) in [6.07, 6.45) is 3.53. The van der Waals surface area contributed by atoms with Gasteiger partial charge in [0.15, 0.2) is 0 Å². The molecule has 4 rings (SSSR count). The molecule has 1 amide bonds. The maximum atomic E-state index is 12.8. The van der Waals surface area contributed by atoms with Crippen LogP contribution >= 0.6 is 0 Å². The fourth-order valence-electron chi connectivity index (χ4n) is 4.03. The summed E-state index contributed by atoms with van der Waals surface area (Å²) in [6, 6.07) is 8.54. The molecule has 0 N–H and O–H groups in total. The van der Waals surface area contributed by atoms with Crippen LogP contribution in [-0.4, -0.2) is 40.3 Å². The Bertz CT molecular complexity index is 796. The van der Waals surface area contributed by atoms with E-state index in [9.17, 15) is 4.79 Å². The maximum absolute atomic E-state index is 12.8. The van der Waals surface area contributed by atoms with Gasteiger partial charge < -0.3 is 9.64 Å². The summed E-state index contributed by atoms with van der Waals surface area (Å²) in [5.41, 5.74) is 4.53. The molecule has 5 nitrogen and oxygen atoms in total. The third-order valence-electron chi connectivity index (χ3n) is 5.25. The second kappa shape index (κ2) is 6.54. The molecular weight excluding hydrogens is 314 g/mol. The Morgan fingerprint density at radius 3 is 3.00 bits per heavy atom. The minimum absolute atomic E-state index is 0.213. The van der Waals surface area contributed by atoms with Crippen LogP contribution in [-0.2, 0) is 17.6 Å². The van der Waals surface area contributed by atoms with Gasteiger partial charge in [-0.05, 0) is 49.9 Å². The van der Waals surface area contributed by atoms with Gasteiger partial charge in [-0.15, -0.1) is 0 Å². The largest absolute Gasteiger partial charge is 0.493 e. The Morgan fingerprint density at radius 2 is 2.20 bits per heavy atom. The molecule has 1 aromatic carbocycles. The lowest BCUT2D eigenvalue weighted by Crippen LogP contribution is -2.41. The van der Waals surface area contributed by atoms with Crippen LogP contribution < -0.4 is 4.74 Å². The van der Waals surface area contributed by atoms with Crippen molar-refractivity contribution < 1.29 is 9.53 Å². The van der Waals surface area contributed by atoms with Crippen LogP contribution in [0.2, 0.25) is 0 Å². The lowest BCUT2D eigenvalue weighted by molar-refractivity contribution is -0.132. The summed E-state index contributed by atoms with van der Waals surface area (Å²) >= 11 is 0. The van der Waals surface area contributed by atoms with Gasteiger partial charge in [-0.2, -0.15) is 5.10 Å². The molecule has 2 aliphatic rings. The molecular formula is C20H25N3O2. The van der Waals surface area contributed by atoms with Crippen molar-refractivity contribution >= 4 is 5.91 Å². The normalized spacial score (nSPS) is 19.6. The summed E-state index contributed by atoms with van der Waals surface area (Å²) < 4.78 is 7.64. The number of carbonyl (C=O) groups excluding carboxylic acids is 1. The van der Waals surface area contributed by atoms with E-state index < -0.39 is 0 Å². The van der Waals surface area contributed by atoms with E-state index in [1.165, 1.54) is 11.3 Å². The van der Waals surface area contributed by atoms with Gasteiger partial charge in [0, 0.05) is 25.2 Å². The first-order valence-corrected chi connectivity index (χ1v) is 9.15. The number of likely N-dealkylation sites (tertiary alicyclic amines) is 1. The van der Waals surface area contributed by atoms with E-state index in [4.69, 9.17) is 4.74 Å². The number of amides is 1. The van der Waals surface area contributed by atoms with Crippen molar-refractivity contribution in [2.24, 2.45) is 0 Å². The summed E-state index contributed by atoms with van der Waals surface area (Å²) in [4.78, 5) is 14.8. The van der Waals surface area contributed by atoms with Gasteiger partial charge in [-0.3, -0.25) is 9.48 Å². The topological polar surface area (TPSA) is 47.4 Å². The zero-order valence-electron chi connectivity index (χ0n) is 15.0. The second-order valence-electron chi connectivity index (χ2n) is 7.22. The number of nitrogens with zero attached hydrogens (tertiary/aromatic N) is 3. The van der Waals surface area contributed by atoms with Gasteiger partial charge >= 0.3 is 0 Å². The van der Waals surface area contributed by atoms with Crippen LogP contribution in [0.1, 0.15) is 41.4 Å². The van der Waals surface area contributed by atoms with Crippen LogP contribution in [0.4, 0.5) is 0 Å². The Hall–Kier alpha value is -2.30. The number of carbonyl (C=O) groups is 1. The number of hydrogen-bond donors (Lipinski definition) is 0. The number of aromatic nitrogens is 2. The summed E-state index contributed by atoms with van der Waals surface area (Å²) in [7, 11) is 0. The molecule has 1 aromatic heterocycles. The van der Waals surface area contributed by atoms with Crippen LogP contribution in [0.15, 0.2) is 24.3 Å². The van der Waals surface area contributed by atoms with Gasteiger partial charge in [0.2, 0.25) is 5.91 Å². The van der Waals surface area contributed by atoms with Crippen molar-refractivity contribution in [3.8, 4) is 5.75 Å². The molecule has 0 spiro atoms. The number of benzene rings is 1. The molecule has 0 unspecified atom stereocenters. The molecule has 1 atom stereocenters. The number of aryl methyl sites for hydroxylation is 2. The van der Waals surface area contributed by atoms with Crippen LogP contribution in [0, 0.1) is 13.8 Å². The van der Waals surface area contributed by atoms with Crippen molar-refractivity contribution in [1.29, 1.82) is 0 Å². The highest BCUT2D eigenvalue weighted by molar-refractivity contribution is 5.79. The first-order valence-electron chi connectivity index (χ1n) is 9.15. The summed E-state index contributed by atoms with van der Waals surface area (Å²) in [6.45, 7) is 6.47. The average Bonchev–Trinajstić information content (AvgIpc) is 3.20. The minimum atomic E-state index is 0.213. The zero-order chi connectivity index (χ0) is 17.4. The van der Waals surface area contributed by atoms with Crippen molar-refractivity contribution in [2.45, 2.75) is 45.6 Å². The molecule has 0 bridgehead atoms. The Labute approximate surface area is 148 Å². The third-order valence-corrected chi connectivity index (χ3v) is 5.25. The van der Waals surface area contributed by atoms with E-state index in [0.29, 0.717) is 12.5 Å². The monoisotopic (exact) mass is 339 g/mol. The molecule has 3 heterocycles. The molecule has 0 aliphatic carbocycles. The fraction of sp³-hybridized carbons (Fsp3) is 0.500. The standard InChI is InChI=1S/C20H25N3O2/c1-14-10-15(2)23(21-14)18-4-3-8-22(13-18)20(24)12-16-5-6-19-17(11-16)7-9-25-19/h5-6,10-11,18H,3-4,7-9,12-13H2,1-2H3/t18-/m0/s1. The van der Waals surface area contributed by atoms with E-state index in [2.05, 4.69) is 28.8 Å². The zero-order valence-corrected chi connectivity index (χ0v) is 15.0. The predicted molar refractivity (Wildman–Crippen MR) is 95.9 cm³/mol. The van der Waals surface area contributed by atoms with Crippen LogP contribution in [0.3, 0.4) is 0 Å². The van der Waals surface area contributed by atoms with Gasteiger partial charge in [-0.1, -0.05) is 12.1 Å². The van der Waals surface area contributed by atoms with Crippen molar-refractivity contribution in [3.63, 3.8) is 0 Å². The van der Waals surface area contributed by atoms with E-state index >= 15 is 0 Å². The predicted octanol–water partition coefficient (Wildman–Crippen LogP) is 2.84. The molecule has 0 saturated carbocycles. The fourth-order valence-corrected chi connectivity index (χ4v) is 4.03. The van der Waals surface area contributed by atoms with Gasteiger partial charge in [0.25, 0.3) is 0 Å².